The minimum absolute atomic E-state index is 0.286. The first kappa shape index (κ1) is 24.9. The molecule has 192 valence electrons. The highest BCUT2D eigenvalue weighted by atomic mass is 16.5. The van der Waals surface area contributed by atoms with Crippen LogP contribution >= 0.6 is 0 Å². The summed E-state index contributed by atoms with van der Waals surface area (Å²) in [6.07, 6.45) is -0.535. The highest BCUT2D eigenvalue weighted by Crippen LogP contribution is 2.37. The van der Waals surface area contributed by atoms with Crippen molar-refractivity contribution < 1.29 is 19.3 Å². The summed E-state index contributed by atoms with van der Waals surface area (Å²) >= 11 is 0. The maximum atomic E-state index is 10.5. The summed E-state index contributed by atoms with van der Waals surface area (Å²) in [6.45, 7) is 4.28. The second-order valence-electron chi connectivity index (χ2n) is 9.18. The van der Waals surface area contributed by atoms with Gasteiger partial charge < -0.3 is 24.2 Å². The normalized spacial score (nSPS) is 14.9. The molecule has 1 unspecified atom stereocenters. The molecule has 0 saturated carbocycles. The molecular formula is C30H33N3O4. The summed E-state index contributed by atoms with van der Waals surface area (Å²) in [4.78, 5) is 9.69. The van der Waals surface area contributed by atoms with Gasteiger partial charge >= 0.3 is 0 Å². The number of β-amino-alcohol motifs (C(OH)–C–C–N with tert-alkyl or cyclic N) is 1. The SMILES string of the molecule is COc1ccc(-c2cccc3ccc(N4CCN(CC(O)COc5ccccc5)CC4)nc23)c(OC)c1. The third-order valence-corrected chi connectivity index (χ3v) is 6.76. The fourth-order valence-electron chi connectivity index (χ4n) is 4.77. The Morgan fingerprint density at radius 1 is 0.811 bits per heavy atom. The Hall–Kier alpha value is -3.81. The molecule has 2 heterocycles. The molecule has 37 heavy (non-hydrogen) atoms. The second kappa shape index (κ2) is 11.5. The van der Waals surface area contributed by atoms with Gasteiger partial charge in [0.2, 0.25) is 0 Å². The van der Waals surface area contributed by atoms with Crippen molar-refractivity contribution in [1.82, 2.24) is 9.88 Å². The summed E-state index contributed by atoms with van der Waals surface area (Å²) in [5, 5.41) is 11.6. The summed E-state index contributed by atoms with van der Waals surface area (Å²) in [7, 11) is 3.33. The maximum absolute atomic E-state index is 10.5. The molecule has 0 aliphatic carbocycles. The van der Waals surface area contributed by atoms with Gasteiger partial charge in [-0.2, -0.15) is 0 Å². The van der Waals surface area contributed by atoms with E-state index in [0.29, 0.717) is 6.54 Å². The van der Waals surface area contributed by atoms with E-state index in [1.165, 1.54) is 0 Å². The van der Waals surface area contributed by atoms with E-state index in [1.807, 2.05) is 54.6 Å². The Balaban J connectivity index is 1.26. The van der Waals surface area contributed by atoms with E-state index in [2.05, 4.69) is 34.1 Å². The zero-order chi connectivity index (χ0) is 25.6. The first-order valence-electron chi connectivity index (χ1n) is 12.6. The Morgan fingerprint density at radius 2 is 1.62 bits per heavy atom. The summed E-state index contributed by atoms with van der Waals surface area (Å²) in [5.74, 6) is 3.24. The number of pyridine rings is 1. The van der Waals surface area contributed by atoms with E-state index in [1.54, 1.807) is 14.2 Å². The summed E-state index contributed by atoms with van der Waals surface area (Å²) in [6, 6.07) is 25.9. The van der Waals surface area contributed by atoms with Crippen LogP contribution < -0.4 is 19.1 Å². The van der Waals surface area contributed by atoms with E-state index in [9.17, 15) is 5.11 Å². The van der Waals surface area contributed by atoms with Gasteiger partial charge in [-0.25, -0.2) is 4.98 Å². The Morgan fingerprint density at radius 3 is 2.38 bits per heavy atom. The van der Waals surface area contributed by atoms with Crippen LogP contribution in [0.2, 0.25) is 0 Å². The van der Waals surface area contributed by atoms with Gasteiger partial charge in [0.05, 0.1) is 19.7 Å². The van der Waals surface area contributed by atoms with E-state index in [0.717, 1.165) is 71.3 Å². The fourth-order valence-corrected chi connectivity index (χ4v) is 4.77. The van der Waals surface area contributed by atoms with Crippen molar-refractivity contribution >= 4 is 16.7 Å². The van der Waals surface area contributed by atoms with Crippen LogP contribution in [0.25, 0.3) is 22.0 Å². The molecule has 5 rings (SSSR count). The molecule has 1 saturated heterocycles. The van der Waals surface area contributed by atoms with Crippen LogP contribution in [0.3, 0.4) is 0 Å². The van der Waals surface area contributed by atoms with Crippen LogP contribution in [0.1, 0.15) is 0 Å². The van der Waals surface area contributed by atoms with Crippen LogP contribution in [0.5, 0.6) is 17.2 Å². The van der Waals surface area contributed by atoms with Gasteiger partial charge in [0.25, 0.3) is 0 Å². The molecule has 0 spiro atoms. The zero-order valence-electron chi connectivity index (χ0n) is 21.3. The number of fused-ring (bicyclic) bond motifs is 1. The third kappa shape index (κ3) is 5.79. The number of nitrogens with zero attached hydrogens (tertiary/aromatic N) is 3. The molecule has 1 aliphatic heterocycles. The number of anilines is 1. The molecule has 7 nitrogen and oxygen atoms in total. The zero-order valence-corrected chi connectivity index (χ0v) is 21.3. The molecule has 1 aromatic heterocycles. The maximum Gasteiger partial charge on any atom is 0.130 e. The monoisotopic (exact) mass is 499 g/mol. The number of aliphatic hydroxyl groups is 1. The van der Waals surface area contributed by atoms with Crippen LogP contribution in [0, 0.1) is 0 Å². The van der Waals surface area contributed by atoms with Crippen LogP contribution in [0.4, 0.5) is 5.82 Å². The second-order valence-corrected chi connectivity index (χ2v) is 9.18. The number of hydrogen-bond donors (Lipinski definition) is 1. The fraction of sp³-hybridized carbons (Fsp3) is 0.300. The van der Waals surface area contributed by atoms with E-state index >= 15 is 0 Å². The quantitative estimate of drug-likeness (QED) is 0.364. The van der Waals surface area contributed by atoms with Gasteiger partial charge in [-0.1, -0.05) is 36.4 Å². The summed E-state index contributed by atoms with van der Waals surface area (Å²) in [5.41, 5.74) is 2.95. The third-order valence-electron chi connectivity index (χ3n) is 6.76. The number of aliphatic hydroxyl groups excluding tert-OH is 1. The number of hydrogen-bond acceptors (Lipinski definition) is 7. The van der Waals surface area contributed by atoms with Gasteiger partial charge in [-0.05, 0) is 36.4 Å². The summed E-state index contributed by atoms with van der Waals surface area (Å²) < 4.78 is 16.7. The molecule has 0 radical (unpaired) electrons. The first-order valence-corrected chi connectivity index (χ1v) is 12.6. The number of methoxy groups -OCH3 is 2. The van der Waals surface area contributed by atoms with Crippen molar-refractivity contribution in [1.29, 1.82) is 0 Å². The Labute approximate surface area is 217 Å². The number of piperazine rings is 1. The molecule has 1 atom stereocenters. The van der Waals surface area contributed by atoms with Crippen molar-refractivity contribution in [3.8, 4) is 28.4 Å². The average molecular weight is 500 g/mol. The van der Waals surface area contributed by atoms with Crippen molar-refractivity contribution in [2.24, 2.45) is 0 Å². The van der Waals surface area contributed by atoms with Crippen LogP contribution in [-0.2, 0) is 0 Å². The lowest BCUT2D eigenvalue weighted by Crippen LogP contribution is -2.49. The van der Waals surface area contributed by atoms with Crippen LogP contribution in [0.15, 0.2) is 78.9 Å². The van der Waals surface area contributed by atoms with Gasteiger partial charge in [-0.15, -0.1) is 0 Å². The van der Waals surface area contributed by atoms with E-state index < -0.39 is 6.10 Å². The minimum atomic E-state index is -0.535. The van der Waals surface area contributed by atoms with Crippen molar-refractivity contribution in [2.45, 2.75) is 6.10 Å². The van der Waals surface area contributed by atoms with E-state index in [4.69, 9.17) is 19.2 Å². The lowest BCUT2D eigenvalue weighted by atomic mass is 10.0. The topological polar surface area (TPSA) is 67.3 Å². The van der Waals surface area contributed by atoms with Crippen molar-refractivity contribution in [3.05, 3.63) is 78.9 Å². The van der Waals surface area contributed by atoms with Gasteiger partial charge in [0.15, 0.2) is 0 Å². The minimum Gasteiger partial charge on any atom is -0.497 e. The van der Waals surface area contributed by atoms with Crippen molar-refractivity contribution in [3.63, 3.8) is 0 Å². The van der Waals surface area contributed by atoms with Gasteiger partial charge in [0.1, 0.15) is 35.8 Å². The predicted octanol–water partition coefficient (Wildman–Crippen LogP) is 4.48. The molecule has 1 N–H and O–H groups in total. The molecule has 0 bridgehead atoms. The molecule has 3 aromatic carbocycles. The Kier molecular flexibility index (Phi) is 7.73. The Bertz CT molecular complexity index is 1320. The number of benzene rings is 3. The molecular weight excluding hydrogens is 466 g/mol. The van der Waals surface area contributed by atoms with Gasteiger partial charge in [-0.3, -0.25) is 4.90 Å². The lowest BCUT2D eigenvalue weighted by molar-refractivity contribution is 0.0662. The highest BCUT2D eigenvalue weighted by molar-refractivity contribution is 5.96. The lowest BCUT2D eigenvalue weighted by Gasteiger charge is -2.36. The molecule has 4 aromatic rings. The molecule has 7 heteroatoms. The molecule has 1 fully saturated rings. The number of rotatable bonds is 9. The average Bonchev–Trinajstić information content (AvgIpc) is 2.96. The van der Waals surface area contributed by atoms with Crippen LogP contribution in [-0.4, -0.2) is 74.6 Å². The van der Waals surface area contributed by atoms with E-state index in [-0.39, 0.29) is 6.61 Å². The van der Waals surface area contributed by atoms with Gasteiger partial charge in [0, 0.05) is 55.3 Å². The largest absolute Gasteiger partial charge is 0.497 e. The van der Waals surface area contributed by atoms with Crippen molar-refractivity contribution in [2.75, 3.05) is 58.5 Å². The standard InChI is InChI=1S/C30H33N3O4/c1-35-25-12-13-26(28(19-25)36-2)27-10-6-7-22-11-14-29(31-30(22)27)33-17-15-32(16-18-33)20-23(34)21-37-24-8-4-3-5-9-24/h3-14,19,23,34H,15-18,20-21H2,1-2H3. The number of para-hydroxylation sites is 2. The smallest absolute Gasteiger partial charge is 0.130 e. The number of aromatic nitrogens is 1. The molecule has 1 aliphatic rings. The number of ether oxygens (including phenoxy) is 3. The first-order chi connectivity index (χ1) is 18.1. The highest BCUT2D eigenvalue weighted by Gasteiger charge is 2.21. The molecule has 0 amide bonds. The predicted molar refractivity (Wildman–Crippen MR) is 147 cm³/mol.